The van der Waals surface area contributed by atoms with Crippen molar-refractivity contribution >= 4 is 22.9 Å². The van der Waals surface area contributed by atoms with E-state index in [1.54, 1.807) is 4.90 Å². The number of fused-ring (bicyclic) bond motifs is 3. The van der Waals surface area contributed by atoms with E-state index in [1.807, 2.05) is 18.2 Å². The van der Waals surface area contributed by atoms with Crippen molar-refractivity contribution in [1.29, 1.82) is 0 Å². The van der Waals surface area contributed by atoms with Crippen LogP contribution in [0.25, 0.3) is 11.0 Å². The first-order chi connectivity index (χ1) is 10.2. The quantitative estimate of drug-likeness (QED) is 0.871. The Morgan fingerprint density at radius 2 is 1.90 bits per heavy atom. The maximum atomic E-state index is 12.9. The van der Waals surface area contributed by atoms with Gasteiger partial charge in [0.15, 0.2) is 0 Å². The molecule has 4 rings (SSSR count). The number of rotatable bonds is 1. The van der Waals surface area contributed by atoms with Gasteiger partial charge >= 0.3 is 0 Å². The minimum Gasteiger partial charge on any atom is -0.317 e. The monoisotopic (exact) mass is 284 g/mol. The minimum absolute atomic E-state index is 0.0521. The molecule has 0 unspecified atom stereocenters. The predicted molar refractivity (Wildman–Crippen MR) is 82.1 cm³/mol. The lowest BCUT2D eigenvalue weighted by molar-refractivity contribution is -0.124. The van der Waals surface area contributed by atoms with Crippen molar-refractivity contribution in [2.24, 2.45) is 5.73 Å². The molecule has 0 bridgehead atoms. The zero-order valence-corrected chi connectivity index (χ0v) is 12.1. The van der Waals surface area contributed by atoms with Crippen LogP contribution in [0.4, 0.5) is 5.95 Å². The van der Waals surface area contributed by atoms with Crippen LogP contribution in [0, 0.1) is 0 Å². The molecule has 2 heterocycles. The van der Waals surface area contributed by atoms with Gasteiger partial charge in [-0.1, -0.05) is 31.4 Å². The highest BCUT2D eigenvalue weighted by Gasteiger charge is 2.41. The number of aromatic nitrogens is 2. The van der Waals surface area contributed by atoms with E-state index in [9.17, 15) is 4.79 Å². The zero-order chi connectivity index (χ0) is 14.4. The van der Waals surface area contributed by atoms with Gasteiger partial charge in [-0.05, 0) is 25.0 Å². The van der Waals surface area contributed by atoms with Gasteiger partial charge < -0.3 is 10.3 Å². The Morgan fingerprint density at radius 1 is 1.14 bits per heavy atom. The van der Waals surface area contributed by atoms with Crippen molar-refractivity contribution in [1.82, 2.24) is 9.55 Å². The molecule has 2 aromatic rings. The van der Waals surface area contributed by atoms with E-state index in [1.165, 1.54) is 6.42 Å². The lowest BCUT2D eigenvalue weighted by atomic mass is 9.81. The van der Waals surface area contributed by atoms with Crippen molar-refractivity contribution in [2.45, 2.75) is 44.2 Å². The first-order valence-corrected chi connectivity index (χ1v) is 7.75. The molecule has 2 aliphatic rings. The lowest BCUT2D eigenvalue weighted by Crippen LogP contribution is -2.56. The minimum atomic E-state index is -0.689. The number of imidazole rings is 1. The molecule has 110 valence electrons. The van der Waals surface area contributed by atoms with Gasteiger partial charge in [0.25, 0.3) is 0 Å². The standard InChI is InChI=1S/C16H20N4O/c17-16(8-4-1-5-9-16)14(21)20-11-10-19-13-7-3-2-6-12(13)18-15(19)20/h2-3,6-7H,1,4-5,8-11,17H2. The molecular weight excluding hydrogens is 264 g/mol. The number of nitrogens with zero attached hydrogens (tertiary/aromatic N) is 3. The SMILES string of the molecule is NC1(C(=O)N2CCn3c2nc2ccccc23)CCCCC1. The molecule has 1 saturated carbocycles. The van der Waals surface area contributed by atoms with Crippen LogP contribution in [0.1, 0.15) is 32.1 Å². The summed E-state index contributed by atoms with van der Waals surface area (Å²) in [6.07, 6.45) is 4.87. The van der Waals surface area contributed by atoms with Gasteiger partial charge in [-0.2, -0.15) is 0 Å². The Labute approximate surface area is 123 Å². The van der Waals surface area contributed by atoms with Gasteiger partial charge in [0.2, 0.25) is 11.9 Å². The van der Waals surface area contributed by atoms with Gasteiger partial charge in [-0.15, -0.1) is 0 Å². The van der Waals surface area contributed by atoms with Crippen molar-refractivity contribution in [3.8, 4) is 0 Å². The second kappa shape index (κ2) is 4.56. The molecule has 21 heavy (non-hydrogen) atoms. The van der Waals surface area contributed by atoms with Crippen LogP contribution in [-0.4, -0.2) is 27.5 Å². The zero-order valence-electron chi connectivity index (χ0n) is 12.1. The Morgan fingerprint density at radius 3 is 2.71 bits per heavy atom. The molecule has 1 amide bonds. The highest BCUT2D eigenvalue weighted by Crippen LogP contribution is 2.33. The van der Waals surface area contributed by atoms with Gasteiger partial charge in [0.05, 0.1) is 16.6 Å². The number of para-hydroxylation sites is 2. The number of nitrogens with two attached hydrogens (primary N) is 1. The molecule has 1 aliphatic heterocycles. The fourth-order valence-corrected chi connectivity index (χ4v) is 3.65. The molecule has 1 fully saturated rings. The average molecular weight is 284 g/mol. The highest BCUT2D eigenvalue weighted by atomic mass is 16.2. The largest absolute Gasteiger partial charge is 0.317 e. The smallest absolute Gasteiger partial charge is 0.249 e. The van der Waals surface area contributed by atoms with Crippen molar-refractivity contribution < 1.29 is 4.79 Å². The molecule has 5 nitrogen and oxygen atoms in total. The summed E-state index contributed by atoms with van der Waals surface area (Å²) < 4.78 is 2.12. The van der Waals surface area contributed by atoms with E-state index in [0.717, 1.165) is 49.2 Å². The summed E-state index contributed by atoms with van der Waals surface area (Å²) in [6, 6.07) is 8.02. The fraction of sp³-hybridized carbons (Fsp3) is 0.500. The molecule has 5 heteroatoms. The molecule has 0 atom stereocenters. The van der Waals surface area contributed by atoms with Gasteiger partial charge in [-0.3, -0.25) is 9.69 Å². The summed E-state index contributed by atoms with van der Waals surface area (Å²) in [5, 5.41) is 0. The molecule has 0 spiro atoms. The second-order valence-electron chi connectivity index (χ2n) is 6.23. The van der Waals surface area contributed by atoms with Crippen LogP contribution < -0.4 is 10.6 Å². The van der Waals surface area contributed by atoms with E-state index in [0.29, 0.717) is 6.54 Å². The van der Waals surface area contributed by atoms with E-state index in [2.05, 4.69) is 15.6 Å². The fourth-order valence-electron chi connectivity index (χ4n) is 3.65. The summed E-state index contributed by atoms with van der Waals surface area (Å²) in [7, 11) is 0. The molecular formula is C16H20N4O. The molecule has 1 aliphatic carbocycles. The summed E-state index contributed by atoms with van der Waals surface area (Å²) in [5.74, 6) is 0.813. The topological polar surface area (TPSA) is 64.2 Å². The Balaban J connectivity index is 1.71. The van der Waals surface area contributed by atoms with Crippen molar-refractivity contribution in [3.05, 3.63) is 24.3 Å². The van der Waals surface area contributed by atoms with Crippen molar-refractivity contribution in [3.63, 3.8) is 0 Å². The predicted octanol–water partition coefficient (Wildman–Crippen LogP) is 2.04. The van der Waals surface area contributed by atoms with Crippen molar-refractivity contribution in [2.75, 3.05) is 11.4 Å². The molecule has 2 N–H and O–H groups in total. The molecule has 0 radical (unpaired) electrons. The maximum Gasteiger partial charge on any atom is 0.249 e. The number of amides is 1. The number of carbonyl (C=O) groups is 1. The van der Waals surface area contributed by atoms with Gasteiger partial charge in [0, 0.05) is 13.1 Å². The maximum absolute atomic E-state index is 12.9. The Kier molecular flexibility index (Phi) is 2.79. The van der Waals surface area contributed by atoms with Crippen LogP contribution in [0.15, 0.2) is 24.3 Å². The average Bonchev–Trinajstić information content (AvgIpc) is 3.06. The number of hydrogen-bond acceptors (Lipinski definition) is 3. The number of anilines is 1. The Bertz CT molecular complexity index is 699. The third-order valence-corrected chi connectivity index (χ3v) is 4.84. The normalized spacial score (nSPS) is 20.7. The summed E-state index contributed by atoms with van der Waals surface area (Å²) in [6.45, 7) is 1.49. The highest BCUT2D eigenvalue weighted by molar-refractivity contribution is 6.00. The number of benzene rings is 1. The first-order valence-electron chi connectivity index (χ1n) is 7.75. The van der Waals surface area contributed by atoms with E-state index in [4.69, 9.17) is 5.73 Å². The van der Waals surface area contributed by atoms with Gasteiger partial charge in [-0.25, -0.2) is 4.98 Å². The van der Waals surface area contributed by atoms with Crippen LogP contribution in [0.2, 0.25) is 0 Å². The number of hydrogen-bond donors (Lipinski definition) is 1. The molecule has 0 saturated heterocycles. The molecule has 1 aromatic heterocycles. The van der Waals surface area contributed by atoms with E-state index >= 15 is 0 Å². The van der Waals surface area contributed by atoms with E-state index < -0.39 is 5.54 Å². The van der Waals surface area contributed by atoms with Crippen LogP contribution >= 0.6 is 0 Å². The Hall–Kier alpha value is -1.88. The lowest BCUT2D eigenvalue weighted by Gasteiger charge is -2.34. The van der Waals surface area contributed by atoms with Gasteiger partial charge in [0.1, 0.15) is 0 Å². The summed E-state index contributed by atoms with van der Waals surface area (Å²) in [5.41, 5.74) is 7.76. The molecule has 1 aromatic carbocycles. The summed E-state index contributed by atoms with van der Waals surface area (Å²) >= 11 is 0. The first kappa shape index (κ1) is 12.8. The number of carbonyl (C=O) groups excluding carboxylic acids is 1. The third kappa shape index (κ3) is 1.87. The van der Waals surface area contributed by atoms with E-state index in [-0.39, 0.29) is 5.91 Å². The van der Waals surface area contributed by atoms with Crippen LogP contribution in [0.5, 0.6) is 0 Å². The second-order valence-corrected chi connectivity index (χ2v) is 6.23. The third-order valence-electron chi connectivity index (χ3n) is 4.84. The van der Waals surface area contributed by atoms with Crippen LogP contribution in [-0.2, 0) is 11.3 Å². The summed E-state index contributed by atoms with van der Waals surface area (Å²) in [4.78, 5) is 19.3. The van der Waals surface area contributed by atoms with Crippen LogP contribution in [0.3, 0.4) is 0 Å².